The van der Waals surface area contributed by atoms with E-state index in [1.54, 1.807) is 31.3 Å². The van der Waals surface area contributed by atoms with E-state index in [-0.39, 0.29) is 12.5 Å². The van der Waals surface area contributed by atoms with Gasteiger partial charge in [-0.15, -0.1) is 0 Å². The number of aliphatic hydroxyl groups is 1. The summed E-state index contributed by atoms with van der Waals surface area (Å²) in [6.45, 7) is 3.49. The van der Waals surface area contributed by atoms with Gasteiger partial charge in [-0.1, -0.05) is 6.07 Å². The van der Waals surface area contributed by atoms with Crippen molar-refractivity contribution in [2.24, 2.45) is 0 Å². The fourth-order valence-corrected chi connectivity index (χ4v) is 2.44. The summed E-state index contributed by atoms with van der Waals surface area (Å²) in [5, 5.41) is 14.1. The molecule has 3 N–H and O–H groups in total. The minimum atomic E-state index is -1.25. The van der Waals surface area contributed by atoms with Crippen LogP contribution in [-0.4, -0.2) is 22.5 Å². The summed E-state index contributed by atoms with van der Waals surface area (Å²) in [4.78, 5) is 15.4. The highest BCUT2D eigenvalue weighted by atomic mass is 16.4. The number of furan rings is 1. The quantitative estimate of drug-likeness (QED) is 0.693. The van der Waals surface area contributed by atoms with Gasteiger partial charge >= 0.3 is 0 Å². The Morgan fingerprint density at radius 3 is 2.86 bits per heavy atom. The monoisotopic (exact) mass is 298 g/mol. The molecular formula is C17H18N2O3. The zero-order chi connectivity index (χ0) is 15.7. The molecule has 2 aromatic heterocycles. The lowest BCUT2D eigenvalue weighted by Crippen LogP contribution is -2.38. The molecule has 22 heavy (non-hydrogen) atoms. The van der Waals surface area contributed by atoms with Gasteiger partial charge in [0.2, 0.25) is 0 Å². The Morgan fingerprint density at radius 2 is 2.14 bits per heavy atom. The van der Waals surface area contributed by atoms with Gasteiger partial charge in [0.15, 0.2) is 0 Å². The lowest BCUT2D eigenvalue weighted by molar-refractivity contribution is 0.0323. The number of amides is 1. The average molecular weight is 298 g/mol. The highest BCUT2D eigenvalue weighted by Crippen LogP contribution is 2.22. The van der Waals surface area contributed by atoms with Crippen LogP contribution in [0.2, 0.25) is 0 Å². The molecule has 1 unspecified atom stereocenters. The lowest BCUT2D eigenvalue weighted by Gasteiger charge is -2.21. The molecule has 1 atom stereocenters. The number of aryl methyl sites for hydroxylation is 1. The van der Waals surface area contributed by atoms with Crippen LogP contribution in [0.4, 0.5) is 0 Å². The van der Waals surface area contributed by atoms with Crippen LogP contribution in [0.1, 0.15) is 28.8 Å². The highest BCUT2D eigenvalue weighted by Gasteiger charge is 2.27. The molecule has 114 valence electrons. The third-order valence-corrected chi connectivity index (χ3v) is 3.70. The van der Waals surface area contributed by atoms with Crippen molar-refractivity contribution in [1.29, 1.82) is 0 Å². The van der Waals surface area contributed by atoms with Crippen molar-refractivity contribution >= 4 is 16.8 Å². The molecule has 3 rings (SSSR count). The number of benzene rings is 1. The van der Waals surface area contributed by atoms with Crippen LogP contribution in [0, 0.1) is 6.92 Å². The van der Waals surface area contributed by atoms with Crippen LogP contribution in [0.5, 0.6) is 0 Å². The van der Waals surface area contributed by atoms with Gasteiger partial charge in [-0.25, -0.2) is 0 Å². The first-order valence-corrected chi connectivity index (χ1v) is 7.11. The lowest BCUT2D eigenvalue weighted by atomic mass is 10.0. The summed E-state index contributed by atoms with van der Waals surface area (Å²) >= 11 is 0. The number of carbonyl (C=O) groups is 1. The van der Waals surface area contributed by atoms with Gasteiger partial charge in [0.25, 0.3) is 5.91 Å². The average Bonchev–Trinajstić information content (AvgIpc) is 3.13. The number of hydrogen-bond acceptors (Lipinski definition) is 3. The van der Waals surface area contributed by atoms with Crippen LogP contribution in [0.15, 0.2) is 47.0 Å². The number of aromatic amines is 1. The first-order chi connectivity index (χ1) is 10.5. The van der Waals surface area contributed by atoms with Crippen LogP contribution in [0.25, 0.3) is 10.9 Å². The second-order valence-corrected chi connectivity index (χ2v) is 5.61. The highest BCUT2D eigenvalue weighted by molar-refractivity contribution is 6.06. The van der Waals surface area contributed by atoms with E-state index < -0.39 is 5.60 Å². The fraction of sp³-hybridized carbons (Fsp3) is 0.235. The van der Waals surface area contributed by atoms with Gasteiger partial charge in [-0.05, 0) is 44.2 Å². The Labute approximate surface area is 128 Å². The molecule has 0 fully saturated rings. The minimum Gasteiger partial charge on any atom is -0.463 e. The largest absolute Gasteiger partial charge is 0.463 e. The Balaban J connectivity index is 1.76. The standard InChI is InChI=1S/C17H18N2O3/c1-11-6-7-15(22-11)17(2,21)10-19-16(20)13-4-3-5-14-12(13)8-9-18-14/h3-9,18,21H,10H2,1-2H3,(H,19,20). The van der Waals surface area contributed by atoms with Crippen LogP contribution in [0.3, 0.4) is 0 Å². The van der Waals surface area contributed by atoms with E-state index in [1.807, 2.05) is 25.1 Å². The summed E-state index contributed by atoms with van der Waals surface area (Å²) in [6, 6.07) is 10.9. The molecule has 3 aromatic rings. The SMILES string of the molecule is Cc1ccc(C(C)(O)CNC(=O)c2cccc3[nH]ccc23)o1. The van der Waals surface area contributed by atoms with E-state index in [1.165, 1.54) is 0 Å². The Kier molecular flexibility index (Phi) is 3.50. The zero-order valence-electron chi connectivity index (χ0n) is 12.5. The molecule has 0 aliphatic heterocycles. The molecule has 0 saturated carbocycles. The predicted octanol–water partition coefficient (Wildman–Crippen LogP) is 2.71. The van der Waals surface area contributed by atoms with E-state index >= 15 is 0 Å². The number of hydrogen-bond donors (Lipinski definition) is 3. The first kappa shape index (κ1) is 14.4. The maximum atomic E-state index is 12.4. The first-order valence-electron chi connectivity index (χ1n) is 7.11. The molecule has 0 aliphatic carbocycles. The van der Waals surface area contributed by atoms with Crippen molar-refractivity contribution in [2.45, 2.75) is 19.4 Å². The summed E-state index contributed by atoms with van der Waals surface area (Å²) < 4.78 is 5.44. The molecule has 5 nitrogen and oxygen atoms in total. The molecular weight excluding hydrogens is 280 g/mol. The minimum absolute atomic E-state index is 0.0690. The van der Waals surface area contributed by atoms with Crippen molar-refractivity contribution in [2.75, 3.05) is 6.54 Å². The molecule has 0 aliphatic rings. The maximum absolute atomic E-state index is 12.4. The van der Waals surface area contributed by atoms with Crippen molar-refractivity contribution in [1.82, 2.24) is 10.3 Å². The van der Waals surface area contributed by atoms with Crippen LogP contribution < -0.4 is 5.32 Å². The summed E-state index contributed by atoms with van der Waals surface area (Å²) in [6.07, 6.45) is 1.79. The zero-order valence-corrected chi connectivity index (χ0v) is 12.5. The van der Waals surface area contributed by atoms with Gasteiger partial charge in [0.05, 0.1) is 6.54 Å². The van der Waals surface area contributed by atoms with Gasteiger partial charge < -0.3 is 19.8 Å². The Bertz CT molecular complexity index is 814. The van der Waals surface area contributed by atoms with Crippen molar-refractivity contribution < 1.29 is 14.3 Å². The molecule has 0 saturated heterocycles. The predicted molar refractivity (Wildman–Crippen MR) is 83.6 cm³/mol. The topological polar surface area (TPSA) is 78.3 Å². The summed E-state index contributed by atoms with van der Waals surface area (Å²) in [7, 11) is 0. The summed E-state index contributed by atoms with van der Waals surface area (Å²) in [5.74, 6) is 0.928. The van der Waals surface area contributed by atoms with Crippen molar-refractivity contribution in [3.8, 4) is 0 Å². The molecule has 5 heteroatoms. The maximum Gasteiger partial charge on any atom is 0.252 e. The van der Waals surface area contributed by atoms with E-state index in [9.17, 15) is 9.90 Å². The number of aromatic nitrogens is 1. The molecule has 2 heterocycles. The third-order valence-electron chi connectivity index (χ3n) is 3.70. The van der Waals surface area contributed by atoms with Crippen molar-refractivity contribution in [3.05, 3.63) is 59.7 Å². The number of H-pyrrole nitrogens is 1. The number of carbonyl (C=O) groups excluding carboxylic acids is 1. The molecule has 0 spiro atoms. The molecule has 1 aromatic carbocycles. The second-order valence-electron chi connectivity index (χ2n) is 5.61. The van der Waals surface area contributed by atoms with E-state index in [0.717, 1.165) is 16.7 Å². The van der Waals surface area contributed by atoms with Gasteiger partial charge in [0.1, 0.15) is 17.1 Å². The fourth-order valence-electron chi connectivity index (χ4n) is 2.44. The van der Waals surface area contributed by atoms with Crippen LogP contribution in [-0.2, 0) is 5.60 Å². The summed E-state index contributed by atoms with van der Waals surface area (Å²) in [5.41, 5.74) is 0.224. The molecule has 0 radical (unpaired) electrons. The Hall–Kier alpha value is -2.53. The van der Waals surface area contributed by atoms with E-state index in [0.29, 0.717) is 11.3 Å². The number of rotatable bonds is 4. The van der Waals surface area contributed by atoms with Gasteiger partial charge in [-0.2, -0.15) is 0 Å². The van der Waals surface area contributed by atoms with E-state index in [4.69, 9.17) is 4.42 Å². The Morgan fingerprint density at radius 1 is 1.32 bits per heavy atom. The second kappa shape index (κ2) is 5.35. The van der Waals surface area contributed by atoms with Crippen LogP contribution >= 0.6 is 0 Å². The molecule has 1 amide bonds. The number of nitrogens with one attached hydrogen (secondary N) is 2. The van der Waals surface area contributed by atoms with Gasteiger partial charge in [0, 0.05) is 22.7 Å². The van der Waals surface area contributed by atoms with E-state index in [2.05, 4.69) is 10.3 Å². The van der Waals surface area contributed by atoms with Gasteiger partial charge in [-0.3, -0.25) is 4.79 Å². The molecule has 0 bridgehead atoms. The normalized spacial score (nSPS) is 14.0. The number of fused-ring (bicyclic) bond motifs is 1. The smallest absolute Gasteiger partial charge is 0.252 e. The third kappa shape index (κ3) is 2.63. The van der Waals surface area contributed by atoms with Crippen molar-refractivity contribution in [3.63, 3.8) is 0 Å².